The molecule has 1 atom stereocenters. The van der Waals surface area contributed by atoms with Crippen molar-refractivity contribution in [3.63, 3.8) is 0 Å². The predicted octanol–water partition coefficient (Wildman–Crippen LogP) is 4.09. The minimum absolute atomic E-state index is 0.0203. The Balaban J connectivity index is 1.20. The summed E-state index contributed by atoms with van der Waals surface area (Å²) in [7, 11) is 0. The van der Waals surface area contributed by atoms with Crippen LogP contribution in [0.5, 0.6) is 0 Å². The summed E-state index contributed by atoms with van der Waals surface area (Å²) in [5.41, 5.74) is 4.43. The van der Waals surface area contributed by atoms with Crippen LogP contribution < -0.4 is 5.32 Å². The maximum atomic E-state index is 12.8. The lowest BCUT2D eigenvalue weighted by Crippen LogP contribution is -2.28. The third-order valence-electron chi connectivity index (χ3n) is 5.84. The van der Waals surface area contributed by atoms with E-state index in [2.05, 4.69) is 20.4 Å². The monoisotopic (exact) mass is 453 g/mol. The highest BCUT2D eigenvalue weighted by Gasteiger charge is 2.34. The second-order valence-electron chi connectivity index (χ2n) is 8.39. The Morgan fingerprint density at radius 1 is 1.03 bits per heavy atom. The highest BCUT2D eigenvalue weighted by atomic mass is 16.5. The van der Waals surface area contributed by atoms with Gasteiger partial charge < -0.3 is 14.7 Å². The molecule has 2 aromatic carbocycles. The number of benzene rings is 2. The number of likely N-dealkylation sites (tertiary alicyclic amines) is 1. The van der Waals surface area contributed by atoms with E-state index in [0.29, 0.717) is 30.5 Å². The number of nitrogens with zero attached hydrogens (tertiary/aromatic N) is 4. The highest BCUT2D eigenvalue weighted by molar-refractivity contribution is 5.97. The molecule has 3 heterocycles. The first-order chi connectivity index (χ1) is 16.5. The summed E-state index contributed by atoms with van der Waals surface area (Å²) >= 11 is 0. The van der Waals surface area contributed by atoms with Gasteiger partial charge in [0.1, 0.15) is 0 Å². The molecule has 1 unspecified atom stereocenters. The average Bonchev–Trinajstić information content (AvgIpc) is 3.48. The fourth-order valence-electron chi connectivity index (χ4n) is 3.91. The number of nitrogens with one attached hydrogen (secondary N) is 1. The first-order valence-corrected chi connectivity index (χ1v) is 11.0. The van der Waals surface area contributed by atoms with Crippen LogP contribution in [0.15, 0.2) is 77.6 Å². The van der Waals surface area contributed by atoms with Crippen LogP contribution in [0.25, 0.3) is 22.8 Å². The molecule has 0 bridgehead atoms. The van der Waals surface area contributed by atoms with Crippen molar-refractivity contribution in [1.82, 2.24) is 20.0 Å². The fourth-order valence-corrected chi connectivity index (χ4v) is 3.91. The van der Waals surface area contributed by atoms with Gasteiger partial charge in [-0.2, -0.15) is 4.98 Å². The fraction of sp³-hybridized carbons (Fsp3) is 0.192. The van der Waals surface area contributed by atoms with E-state index >= 15 is 0 Å². The van der Waals surface area contributed by atoms with Gasteiger partial charge in [-0.05, 0) is 48.9 Å². The predicted molar refractivity (Wildman–Crippen MR) is 126 cm³/mol. The van der Waals surface area contributed by atoms with Gasteiger partial charge in [-0.15, -0.1) is 0 Å². The number of carbonyl (C=O) groups is 2. The summed E-state index contributed by atoms with van der Waals surface area (Å²) in [6.07, 6.45) is 3.60. The van der Waals surface area contributed by atoms with Gasteiger partial charge in [-0.3, -0.25) is 14.6 Å². The van der Waals surface area contributed by atoms with Gasteiger partial charge in [0.05, 0.1) is 5.92 Å². The molecule has 0 saturated carbocycles. The maximum absolute atomic E-state index is 12.8. The number of rotatable bonds is 6. The van der Waals surface area contributed by atoms with Crippen LogP contribution in [0.4, 0.5) is 5.69 Å². The van der Waals surface area contributed by atoms with Crippen molar-refractivity contribution in [1.29, 1.82) is 0 Å². The van der Waals surface area contributed by atoms with Crippen molar-refractivity contribution in [3.8, 4) is 22.8 Å². The number of anilines is 1. The van der Waals surface area contributed by atoms with E-state index in [0.717, 1.165) is 22.3 Å². The number of aromatic nitrogens is 3. The zero-order valence-corrected chi connectivity index (χ0v) is 18.6. The van der Waals surface area contributed by atoms with Crippen LogP contribution >= 0.6 is 0 Å². The molecule has 1 saturated heterocycles. The Morgan fingerprint density at radius 2 is 1.74 bits per heavy atom. The molecular formula is C26H23N5O3. The van der Waals surface area contributed by atoms with Gasteiger partial charge in [0, 0.05) is 48.7 Å². The summed E-state index contributed by atoms with van der Waals surface area (Å²) in [6.45, 7) is 2.90. The van der Waals surface area contributed by atoms with E-state index in [1.54, 1.807) is 29.4 Å². The maximum Gasteiger partial charge on any atom is 0.258 e. The Kier molecular flexibility index (Phi) is 5.86. The van der Waals surface area contributed by atoms with E-state index in [4.69, 9.17) is 4.52 Å². The molecule has 170 valence electrons. The number of hydrogen-bond donors (Lipinski definition) is 1. The number of carbonyl (C=O) groups excluding carboxylic acids is 2. The summed E-state index contributed by atoms with van der Waals surface area (Å²) in [4.78, 5) is 35.3. The Labute approximate surface area is 196 Å². The van der Waals surface area contributed by atoms with E-state index in [9.17, 15) is 9.59 Å². The SMILES string of the molecule is Cc1ccc(-c2noc(-c3ccc(NC(=O)C4CC(=O)N(Cc5ccncc5)C4)cc3)n2)cc1. The number of aryl methyl sites for hydroxylation is 1. The van der Waals surface area contributed by atoms with Gasteiger partial charge in [-0.25, -0.2) is 0 Å². The van der Waals surface area contributed by atoms with Crippen molar-refractivity contribution >= 4 is 17.5 Å². The van der Waals surface area contributed by atoms with Gasteiger partial charge >= 0.3 is 0 Å². The smallest absolute Gasteiger partial charge is 0.258 e. The molecule has 4 aromatic rings. The molecule has 34 heavy (non-hydrogen) atoms. The van der Waals surface area contributed by atoms with Crippen molar-refractivity contribution < 1.29 is 14.1 Å². The second-order valence-corrected chi connectivity index (χ2v) is 8.39. The molecular weight excluding hydrogens is 430 g/mol. The molecule has 1 N–H and O–H groups in total. The minimum Gasteiger partial charge on any atom is -0.338 e. The number of amides is 2. The first-order valence-electron chi connectivity index (χ1n) is 11.0. The molecule has 2 aromatic heterocycles. The first kappa shape index (κ1) is 21.5. The lowest BCUT2D eigenvalue weighted by atomic mass is 10.1. The van der Waals surface area contributed by atoms with E-state index in [1.165, 1.54) is 0 Å². The Bertz CT molecular complexity index is 1300. The Hall–Kier alpha value is -4.33. The molecule has 0 aliphatic carbocycles. The number of hydrogen-bond acceptors (Lipinski definition) is 6. The van der Waals surface area contributed by atoms with Crippen molar-refractivity contribution in [2.24, 2.45) is 5.92 Å². The van der Waals surface area contributed by atoms with Crippen LogP contribution in [-0.4, -0.2) is 38.4 Å². The molecule has 0 radical (unpaired) electrons. The molecule has 1 aliphatic rings. The quantitative estimate of drug-likeness (QED) is 0.472. The third kappa shape index (κ3) is 4.71. The van der Waals surface area contributed by atoms with Gasteiger partial charge in [0.2, 0.25) is 17.6 Å². The topological polar surface area (TPSA) is 101 Å². The summed E-state index contributed by atoms with van der Waals surface area (Å²) in [5, 5.41) is 6.97. The van der Waals surface area contributed by atoms with Crippen molar-refractivity contribution in [3.05, 3.63) is 84.2 Å². The van der Waals surface area contributed by atoms with Gasteiger partial charge in [0.15, 0.2) is 0 Å². The zero-order chi connectivity index (χ0) is 23.5. The van der Waals surface area contributed by atoms with Gasteiger partial charge in [0.25, 0.3) is 5.89 Å². The van der Waals surface area contributed by atoms with Crippen LogP contribution in [0.1, 0.15) is 17.5 Å². The molecule has 5 rings (SSSR count). The van der Waals surface area contributed by atoms with E-state index < -0.39 is 0 Å². The van der Waals surface area contributed by atoms with Crippen molar-refractivity contribution in [2.75, 3.05) is 11.9 Å². The van der Waals surface area contributed by atoms with E-state index in [1.807, 2.05) is 55.5 Å². The Morgan fingerprint density at radius 3 is 2.47 bits per heavy atom. The summed E-state index contributed by atoms with van der Waals surface area (Å²) < 4.78 is 5.41. The minimum atomic E-state index is -0.387. The molecule has 1 aliphatic heterocycles. The molecule has 0 spiro atoms. The second kappa shape index (κ2) is 9.27. The van der Waals surface area contributed by atoms with Crippen molar-refractivity contribution in [2.45, 2.75) is 19.9 Å². The molecule has 8 nitrogen and oxygen atoms in total. The van der Waals surface area contributed by atoms with Gasteiger partial charge in [-0.1, -0.05) is 35.0 Å². The zero-order valence-electron chi connectivity index (χ0n) is 18.6. The standard InChI is InChI=1S/C26H23N5O3/c1-17-2-4-19(5-3-17)24-29-26(34-30-24)20-6-8-22(9-7-20)28-25(33)21-14-23(32)31(16-21)15-18-10-12-27-13-11-18/h2-13,21H,14-16H2,1H3,(H,28,33). The summed E-state index contributed by atoms with van der Waals surface area (Å²) in [6, 6.07) is 18.9. The molecule has 2 amide bonds. The third-order valence-corrected chi connectivity index (χ3v) is 5.84. The van der Waals surface area contributed by atoms with Crippen LogP contribution in [0, 0.1) is 12.8 Å². The molecule has 1 fully saturated rings. The van der Waals surface area contributed by atoms with Crippen LogP contribution in [-0.2, 0) is 16.1 Å². The average molecular weight is 454 g/mol. The lowest BCUT2D eigenvalue weighted by Gasteiger charge is -2.16. The van der Waals surface area contributed by atoms with Crippen LogP contribution in [0.2, 0.25) is 0 Å². The summed E-state index contributed by atoms with van der Waals surface area (Å²) in [5.74, 6) is 0.351. The van der Waals surface area contributed by atoms with Crippen LogP contribution in [0.3, 0.4) is 0 Å². The lowest BCUT2D eigenvalue weighted by molar-refractivity contribution is -0.128. The largest absolute Gasteiger partial charge is 0.338 e. The molecule has 8 heteroatoms. The number of pyridine rings is 1. The normalized spacial score (nSPS) is 15.5. The van der Waals surface area contributed by atoms with E-state index in [-0.39, 0.29) is 24.2 Å². The highest BCUT2D eigenvalue weighted by Crippen LogP contribution is 2.25.